The third-order valence-electron chi connectivity index (χ3n) is 4.04. The Balaban J connectivity index is 1.82. The highest BCUT2D eigenvalue weighted by atomic mass is 19.1. The molecule has 0 bridgehead atoms. The maximum atomic E-state index is 13.6. The summed E-state index contributed by atoms with van der Waals surface area (Å²) in [6.45, 7) is 4.32. The summed E-state index contributed by atoms with van der Waals surface area (Å²) in [6.07, 6.45) is 3.29. The standard InChI is InChI=1S/C18H22FN3O/c1-2-7-20-8-9-21-18(23)15-11-17(12-3-4-12)22-16-6-5-13(19)10-14(15)16/h5-6,10-12,20H,2-4,7-9H2,1H3,(H,21,23). The second-order valence-corrected chi connectivity index (χ2v) is 6.04. The van der Waals surface area contributed by atoms with E-state index in [1.165, 1.54) is 12.1 Å². The third kappa shape index (κ3) is 3.85. The van der Waals surface area contributed by atoms with Crippen LogP contribution in [0.1, 0.15) is 48.2 Å². The molecule has 1 aromatic heterocycles. The number of hydrogen-bond donors (Lipinski definition) is 2. The number of nitrogens with one attached hydrogen (secondary N) is 2. The molecule has 4 nitrogen and oxygen atoms in total. The van der Waals surface area contributed by atoms with Gasteiger partial charge in [-0.25, -0.2) is 4.39 Å². The van der Waals surface area contributed by atoms with Crippen molar-refractivity contribution in [2.75, 3.05) is 19.6 Å². The lowest BCUT2D eigenvalue weighted by molar-refractivity contribution is 0.0955. The fraction of sp³-hybridized carbons (Fsp3) is 0.444. The molecule has 1 aliphatic rings. The maximum Gasteiger partial charge on any atom is 0.252 e. The number of amides is 1. The molecule has 1 heterocycles. The molecule has 0 spiro atoms. The van der Waals surface area contributed by atoms with Crippen LogP contribution in [0.5, 0.6) is 0 Å². The minimum atomic E-state index is -0.350. The minimum absolute atomic E-state index is 0.164. The number of halogens is 1. The highest BCUT2D eigenvalue weighted by Crippen LogP contribution is 2.40. The monoisotopic (exact) mass is 315 g/mol. The van der Waals surface area contributed by atoms with Gasteiger partial charge in [0.05, 0.1) is 11.1 Å². The van der Waals surface area contributed by atoms with Crippen LogP contribution in [0.25, 0.3) is 10.9 Å². The Hall–Kier alpha value is -2.01. The normalized spacial score (nSPS) is 14.2. The Morgan fingerprint density at radius 2 is 2.09 bits per heavy atom. The van der Waals surface area contributed by atoms with Crippen molar-refractivity contribution in [1.82, 2.24) is 15.6 Å². The first-order chi connectivity index (χ1) is 11.2. The molecule has 2 aromatic rings. The molecule has 0 radical (unpaired) electrons. The van der Waals surface area contributed by atoms with Crippen LogP contribution in [-0.2, 0) is 0 Å². The molecule has 0 aliphatic heterocycles. The van der Waals surface area contributed by atoms with Gasteiger partial charge in [0.1, 0.15) is 5.82 Å². The molecule has 0 saturated heterocycles. The molecule has 122 valence electrons. The molecule has 1 saturated carbocycles. The van der Waals surface area contributed by atoms with Gasteiger partial charge >= 0.3 is 0 Å². The van der Waals surface area contributed by atoms with Crippen molar-refractivity contribution >= 4 is 16.8 Å². The molecule has 5 heteroatoms. The molecule has 1 aliphatic carbocycles. The van der Waals surface area contributed by atoms with E-state index >= 15 is 0 Å². The van der Waals surface area contributed by atoms with E-state index in [1.54, 1.807) is 6.07 Å². The predicted octanol–water partition coefficient (Wildman–Crippen LogP) is 2.98. The van der Waals surface area contributed by atoms with Gasteiger partial charge in [-0.05, 0) is 50.1 Å². The van der Waals surface area contributed by atoms with Gasteiger partial charge in [0.15, 0.2) is 0 Å². The average molecular weight is 315 g/mol. The van der Waals surface area contributed by atoms with E-state index in [1.807, 2.05) is 6.07 Å². The van der Waals surface area contributed by atoms with Gasteiger partial charge in [0, 0.05) is 30.1 Å². The second kappa shape index (κ2) is 7.04. The molecule has 3 rings (SSSR count). The first-order valence-electron chi connectivity index (χ1n) is 8.28. The smallest absolute Gasteiger partial charge is 0.252 e. The summed E-state index contributed by atoms with van der Waals surface area (Å²) in [5.74, 6) is -0.0671. The second-order valence-electron chi connectivity index (χ2n) is 6.04. The third-order valence-corrected chi connectivity index (χ3v) is 4.04. The number of hydrogen-bond acceptors (Lipinski definition) is 3. The van der Waals surface area contributed by atoms with E-state index in [2.05, 4.69) is 22.5 Å². The summed E-state index contributed by atoms with van der Waals surface area (Å²) in [4.78, 5) is 17.1. The SMILES string of the molecule is CCCNCCNC(=O)c1cc(C2CC2)nc2ccc(F)cc12. The lowest BCUT2D eigenvalue weighted by atomic mass is 10.1. The van der Waals surface area contributed by atoms with Gasteiger partial charge < -0.3 is 10.6 Å². The highest BCUT2D eigenvalue weighted by molar-refractivity contribution is 6.06. The van der Waals surface area contributed by atoms with Crippen LogP contribution in [0.4, 0.5) is 4.39 Å². The molecule has 2 N–H and O–H groups in total. The van der Waals surface area contributed by atoms with Crippen molar-refractivity contribution in [2.24, 2.45) is 0 Å². The van der Waals surface area contributed by atoms with Gasteiger partial charge in [-0.1, -0.05) is 6.92 Å². The fourth-order valence-corrected chi connectivity index (χ4v) is 2.66. The summed E-state index contributed by atoms with van der Waals surface area (Å²) in [5.41, 5.74) is 2.15. The van der Waals surface area contributed by atoms with E-state index in [-0.39, 0.29) is 11.7 Å². The quantitative estimate of drug-likeness (QED) is 0.772. The number of aromatic nitrogens is 1. The highest BCUT2D eigenvalue weighted by Gasteiger charge is 2.27. The molecule has 0 atom stereocenters. The van der Waals surface area contributed by atoms with Crippen molar-refractivity contribution in [3.63, 3.8) is 0 Å². The number of carbonyl (C=O) groups is 1. The minimum Gasteiger partial charge on any atom is -0.351 e. The van der Waals surface area contributed by atoms with Gasteiger partial charge in [-0.2, -0.15) is 0 Å². The predicted molar refractivity (Wildman–Crippen MR) is 89.2 cm³/mol. The Morgan fingerprint density at radius 3 is 2.83 bits per heavy atom. The van der Waals surface area contributed by atoms with Crippen LogP contribution in [0.15, 0.2) is 24.3 Å². The van der Waals surface area contributed by atoms with Crippen LogP contribution in [0.3, 0.4) is 0 Å². The Morgan fingerprint density at radius 1 is 1.26 bits per heavy atom. The molecular weight excluding hydrogens is 293 g/mol. The van der Waals surface area contributed by atoms with Gasteiger partial charge in [-0.15, -0.1) is 0 Å². The zero-order chi connectivity index (χ0) is 16.2. The van der Waals surface area contributed by atoms with E-state index in [9.17, 15) is 9.18 Å². The number of pyridine rings is 1. The van der Waals surface area contributed by atoms with E-state index in [0.717, 1.165) is 38.0 Å². The van der Waals surface area contributed by atoms with Crippen molar-refractivity contribution < 1.29 is 9.18 Å². The molecule has 0 unspecified atom stereocenters. The number of rotatable bonds is 7. The molecule has 23 heavy (non-hydrogen) atoms. The lowest BCUT2D eigenvalue weighted by Crippen LogP contribution is -2.32. The Kier molecular flexibility index (Phi) is 4.86. The average Bonchev–Trinajstić information content (AvgIpc) is 3.38. The Bertz CT molecular complexity index is 713. The Labute approximate surface area is 135 Å². The molecule has 1 fully saturated rings. The van der Waals surface area contributed by atoms with Crippen LogP contribution < -0.4 is 10.6 Å². The van der Waals surface area contributed by atoms with Crippen LogP contribution >= 0.6 is 0 Å². The summed E-state index contributed by atoms with van der Waals surface area (Å²) in [5, 5.41) is 6.72. The summed E-state index contributed by atoms with van der Waals surface area (Å²) >= 11 is 0. The maximum absolute atomic E-state index is 13.6. The van der Waals surface area contributed by atoms with Crippen LogP contribution in [0.2, 0.25) is 0 Å². The van der Waals surface area contributed by atoms with E-state index < -0.39 is 0 Å². The van der Waals surface area contributed by atoms with Crippen molar-refractivity contribution in [1.29, 1.82) is 0 Å². The van der Waals surface area contributed by atoms with E-state index in [0.29, 0.717) is 28.9 Å². The number of fused-ring (bicyclic) bond motifs is 1. The van der Waals surface area contributed by atoms with Crippen molar-refractivity contribution in [3.05, 3.63) is 41.3 Å². The van der Waals surface area contributed by atoms with E-state index in [4.69, 9.17) is 0 Å². The summed E-state index contributed by atoms with van der Waals surface area (Å²) in [6, 6.07) is 6.26. The number of carbonyl (C=O) groups excluding carboxylic acids is 1. The lowest BCUT2D eigenvalue weighted by Gasteiger charge is -2.10. The number of nitrogens with zero attached hydrogens (tertiary/aromatic N) is 1. The van der Waals surface area contributed by atoms with Crippen molar-refractivity contribution in [2.45, 2.75) is 32.1 Å². The van der Waals surface area contributed by atoms with Gasteiger partial charge in [0.25, 0.3) is 5.91 Å². The molecule has 1 aromatic carbocycles. The zero-order valence-electron chi connectivity index (χ0n) is 13.4. The van der Waals surface area contributed by atoms with Gasteiger partial charge in [-0.3, -0.25) is 9.78 Å². The summed E-state index contributed by atoms with van der Waals surface area (Å²) in [7, 11) is 0. The molecular formula is C18H22FN3O. The number of benzene rings is 1. The van der Waals surface area contributed by atoms with Crippen molar-refractivity contribution in [3.8, 4) is 0 Å². The summed E-state index contributed by atoms with van der Waals surface area (Å²) < 4.78 is 13.6. The topological polar surface area (TPSA) is 54.0 Å². The van der Waals surface area contributed by atoms with Crippen LogP contribution in [0, 0.1) is 5.82 Å². The first-order valence-corrected chi connectivity index (χ1v) is 8.28. The first kappa shape index (κ1) is 15.9. The molecule has 1 amide bonds. The fourth-order valence-electron chi connectivity index (χ4n) is 2.66. The largest absolute Gasteiger partial charge is 0.351 e. The zero-order valence-corrected chi connectivity index (χ0v) is 13.4. The van der Waals surface area contributed by atoms with Gasteiger partial charge in [0.2, 0.25) is 0 Å². The van der Waals surface area contributed by atoms with Crippen LogP contribution in [-0.4, -0.2) is 30.5 Å².